The first-order valence-electron chi connectivity index (χ1n) is 9.62. The third-order valence-electron chi connectivity index (χ3n) is 5.30. The number of likely N-dealkylation sites (tertiary alicyclic amines) is 2. The molecule has 2 heterocycles. The molecule has 0 aromatic heterocycles. The number of rotatable bonds is 3. The van der Waals surface area contributed by atoms with Crippen molar-refractivity contribution in [2.45, 2.75) is 32.6 Å². The van der Waals surface area contributed by atoms with Gasteiger partial charge in [0.15, 0.2) is 0 Å². The highest BCUT2D eigenvalue weighted by molar-refractivity contribution is 5.97. The van der Waals surface area contributed by atoms with Crippen molar-refractivity contribution in [1.29, 1.82) is 0 Å². The summed E-state index contributed by atoms with van der Waals surface area (Å²) < 4.78 is 0. The SMILES string of the molecule is CC1CC(C(=O)O)CN(C(=O)Nc2cccc(C(=O)N3CCCCC3)c2)C1. The fourth-order valence-electron chi connectivity index (χ4n) is 3.91. The smallest absolute Gasteiger partial charge is 0.321 e. The highest BCUT2D eigenvalue weighted by atomic mass is 16.4. The summed E-state index contributed by atoms with van der Waals surface area (Å²) in [5.74, 6) is -1.28. The zero-order chi connectivity index (χ0) is 19.4. The topological polar surface area (TPSA) is 90.0 Å². The number of amides is 3. The van der Waals surface area contributed by atoms with Crippen LogP contribution in [0.15, 0.2) is 24.3 Å². The van der Waals surface area contributed by atoms with Gasteiger partial charge in [0.05, 0.1) is 5.92 Å². The molecule has 2 fully saturated rings. The van der Waals surface area contributed by atoms with E-state index in [4.69, 9.17) is 0 Å². The van der Waals surface area contributed by atoms with E-state index in [2.05, 4.69) is 5.32 Å². The molecule has 2 saturated heterocycles. The fraction of sp³-hybridized carbons (Fsp3) is 0.550. The lowest BCUT2D eigenvalue weighted by Crippen LogP contribution is -2.47. The minimum atomic E-state index is -0.867. The maximum Gasteiger partial charge on any atom is 0.321 e. The van der Waals surface area contributed by atoms with Gasteiger partial charge in [0.1, 0.15) is 0 Å². The predicted octanol–water partition coefficient (Wildman–Crippen LogP) is 2.89. The Morgan fingerprint density at radius 2 is 1.81 bits per heavy atom. The molecule has 7 heteroatoms. The number of carbonyl (C=O) groups is 3. The summed E-state index contributed by atoms with van der Waals surface area (Å²) in [4.78, 5) is 39.9. The summed E-state index contributed by atoms with van der Waals surface area (Å²) in [6, 6.07) is 6.63. The Labute approximate surface area is 159 Å². The summed E-state index contributed by atoms with van der Waals surface area (Å²) in [6.45, 7) is 4.24. The van der Waals surface area contributed by atoms with Crippen molar-refractivity contribution in [3.63, 3.8) is 0 Å². The molecule has 146 valence electrons. The van der Waals surface area contributed by atoms with Crippen molar-refractivity contribution >= 4 is 23.6 Å². The van der Waals surface area contributed by atoms with E-state index in [-0.39, 0.29) is 24.4 Å². The van der Waals surface area contributed by atoms with Crippen molar-refractivity contribution in [2.24, 2.45) is 11.8 Å². The standard InChI is InChI=1S/C20H27N3O4/c1-14-10-16(19(25)26)13-23(12-14)20(27)21-17-7-5-6-15(11-17)18(24)22-8-3-2-4-9-22/h5-7,11,14,16H,2-4,8-10,12-13H2,1H3,(H,21,27)(H,25,26). The van der Waals surface area contributed by atoms with Crippen LogP contribution in [0.1, 0.15) is 43.0 Å². The molecule has 3 amide bonds. The first kappa shape index (κ1) is 19.2. The summed E-state index contributed by atoms with van der Waals surface area (Å²) in [6.07, 6.45) is 3.80. The van der Waals surface area contributed by atoms with Gasteiger partial charge in [0.25, 0.3) is 5.91 Å². The van der Waals surface area contributed by atoms with Gasteiger partial charge in [0, 0.05) is 37.4 Å². The van der Waals surface area contributed by atoms with Gasteiger partial charge in [-0.25, -0.2) is 4.79 Å². The molecule has 2 N–H and O–H groups in total. The quantitative estimate of drug-likeness (QED) is 0.852. The molecule has 2 aliphatic heterocycles. The molecule has 1 aromatic rings. The first-order valence-corrected chi connectivity index (χ1v) is 9.62. The van der Waals surface area contributed by atoms with Crippen LogP contribution in [-0.4, -0.2) is 59.0 Å². The lowest BCUT2D eigenvalue weighted by molar-refractivity contribution is -0.143. The highest BCUT2D eigenvalue weighted by Crippen LogP contribution is 2.23. The van der Waals surface area contributed by atoms with Crippen molar-refractivity contribution in [1.82, 2.24) is 9.80 Å². The average molecular weight is 373 g/mol. The Bertz CT molecular complexity index is 715. The Hall–Kier alpha value is -2.57. The van der Waals surface area contributed by atoms with Crippen molar-refractivity contribution in [3.05, 3.63) is 29.8 Å². The first-order chi connectivity index (χ1) is 12.9. The van der Waals surface area contributed by atoms with Crippen LogP contribution in [0.5, 0.6) is 0 Å². The third kappa shape index (κ3) is 4.78. The number of benzene rings is 1. The molecule has 1 aromatic carbocycles. The number of hydrogen-bond donors (Lipinski definition) is 2. The lowest BCUT2D eigenvalue weighted by Gasteiger charge is -2.34. The number of hydrogen-bond acceptors (Lipinski definition) is 3. The van der Waals surface area contributed by atoms with Crippen LogP contribution >= 0.6 is 0 Å². The number of carbonyl (C=O) groups excluding carboxylic acids is 2. The number of carboxylic acid groups (broad SMARTS) is 1. The van der Waals surface area contributed by atoms with Crippen LogP contribution < -0.4 is 5.32 Å². The van der Waals surface area contributed by atoms with Crippen LogP contribution in [0.4, 0.5) is 10.5 Å². The Kier molecular flexibility index (Phi) is 5.98. The summed E-state index contributed by atoms with van der Waals surface area (Å²) in [7, 11) is 0. The molecule has 3 rings (SSSR count). The zero-order valence-electron chi connectivity index (χ0n) is 15.7. The van der Waals surface area contributed by atoms with E-state index in [1.165, 1.54) is 0 Å². The summed E-state index contributed by atoms with van der Waals surface area (Å²) in [5, 5.41) is 12.1. The van der Waals surface area contributed by atoms with E-state index in [1.54, 1.807) is 29.2 Å². The number of nitrogens with one attached hydrogen (secondary N) is 1. The van der Waals surface area contributed by atoms with Crippen LogP contribution in [0.3, 0.4) is 0 Å². The molecule has 2 unspecified atom stereocenters. The van der Waals surface area contributed by atoms with E-state index in [1.807, 2.05) is 11.8 Å². The van der Waals surface area contributed by atoms with Gasteiger partial charge >= 0.3 is 12.0 Å². The number of urea groups is 1. The van der Waals surface area contributed by atoms with Gasteiger partial charge < -0.3 is 20.2 Å². The maximum absolute atomic E-state index is 12.6. The van der Waals surface area contributed by atoms with Crippen molar-refractivity contribution in [3.8, 4) is 0 Å². The van der Waals surface area contributed by atoms with Crippen LogP contribution in [-0.2, 0) is 4.79 Å². The number of nitrogens with zero attached hydrogens (tertiary/aromatic N) is 2. The van der Waals surface area contributed by atoms with Gasteiger partial charge in [-0.1, -0.05) is 13.0 Å². The second kappa shape index (κ2) is 8.41. The van der Waals surface area contributed by atoms with Crippen molar-refractivity contribution in [2.75, 3.05) is 31.5 Å². The molecule has 0 bridgehead atoms. The summed E-state index contributed by atoms with van der Waals surface area (Å²) in [5.41, 5.74) is 1.11. The molecule has 2 atom stereocenters. The molecule has 0 spiro atoms. The number of carboxylic acids is 1. The molecule has 0 radical (unpaired) electrons. The van der Waals surface area contributed by atoms with Gasteiger partial charge in [-0.2, -0.15) is 0 Å². The minimum Gasteiger partial charge on any atom is -0.481 e. The fourth-order valence-corrected chi connectivity index (χ4v) is 3.91. The number of piperidine rings is 2. The molecule has 7 nitrogen and oxygen atoms in total. The van der Waals surface area contributed by atoms with Gasteiger partial charge in [0.2, 0.25) is 0 Å². The summed E-state index contributed by atoms with van der Waals surface area (Å²) >= 11 is 0. The molecular weight excluding hydrogens is 346 g/mol. The molecule has 27 heavy (non-hydrogen) atoms. The van der Waals surface area contributed by atoms with Gasteiger partial charge in [-0.15, -0.1) is 0 Å². The lowest BCUT2D eigenvalue weighted by atomic mass is 9.91. The van der Waals surface area contributed by atoms with Crippen LogP contribution in [0.2, 0.25) is 0 Å². The average Bonchev–Trinajstić information content (AvgIpc) is 2.67. The molecule has 2 aliphatic rings. The van der Waals surface area contributed by atoms with E-state index in [9.17, 15) is 19.5 Å². The molecule has 0 saturated carbocycles. The monoisotopic (exact) mass is 373 g/mol. The van der Waals surface area contributed by atoms with Crippen molar-refractivity contribution < 1.29 is 19.5 Å². The Balaban J connectivity index is 1.65. The normalized spacial score (nSPS) is 23.0. The Morgan fingerprint density at radius 1 is 1.07 bits per heavy atom. The van der Waals surface area contributed by atoms with Gasteiger partial charge in [-0.3, -0.25) is 9.59 Å². The number of anilines is 1. The Morgan fingerprint density at radius 3 is 2.52 bits per heavy atom. The van der Waals surface area contributed by atoms with E-state index >= 15 is 0 Å². The molecule has 0 aliphatic carbocycles. The highest BCUT2D eigenvalue weighted by Gasteiger charge is 2.32. The third-order valence-corrected chi connectivity index (χ3v) is 5.30. The van der Waals surface area contributed by atoms with Gasteiger partial charge in [-0.05, 0) is 49.8 Å². The van der Waals surface area contributed by atoms with Crippen LogP contribution in [0.25, 0.3) is 0 Å². The van der Waals surface area contributed by atoms with E-state index in [0.717, 1.165) is 32.4 Å². The second-order valence-corrected chi connectivity index (χ2v) is 7.64. The number of aliphatic carboxylic acids is 1. The molecular formula is C20H27N3O4. The van der Waals surface area contributed by atoms with Crippen LogP contribution in [0, 0.1) is 11.8 Å². The largest absolute Gasteiger partial charge is 0.481 e. The predicted molar refractivity (Wildman–Crippen MR) is 102 cm³/mol. The second-order valence-electron chi connectivity index (χ2n) is 7.64. The van der Waals surface area contributed by atoms with E-state index < -0.39 is 11.9 Å². The maximum atomic E-state index is 12.6. The minimum absolute atomic E-state index is 0.0108. The van der Waals surface area contributed by atoms with E-state index in [0.29, 0.717) is 24.2 Å². The zero-order valence-corrected chi connectivity index (χ0v) is 15.7.